The summed E-state index contributed by atoms with van der Waals surface area (Å²) >= 11 is 6.01. The summed E-state index contributed by atoms with van der Waals surface area (Å²) in [6.45, 7) is 7.16. The van der Waals surface area contributed by atoms with Crippen LogP contribution in [0, 0.1) is 5.82 Å². The lowest BCUT2D eigenvalue weighted by Crippen LogP contribution is -2.31. The van der Waals surface area contributed by atoms with E-state index in [2.05, 4.69) is 29.3 Å². The van der Waals surface area contributed by atoms with Crippen LogP contribution in [0.2, 0.25) is 5.02 Å². The predicted octanol–water partition coefficient (Wildman–Crippen LogP) is 4.02. The molecule has 2 unspecified atom stereocenters. The lowest BCUT2D eigenvalue weighted by atomic mass is 10.0. The van der Waals surface area contributed by atoms with Gasteiger partial charge in [0.1, 0.15) is 5.82 Å². The fourth-order valence-electron chi connectivity index (χ4n) is 1.96. The molecule has 0 aliphatic rings. The molecule has 0 bridgehead atoms. The van der Waals surface area contributed by atoms with Crippen LogP contribution in [0.3, 0.4) is 0 Å². The molecule has 6 heteroatoms. The maximum absolute atomic E-state index is 13.1. The van der Waals surface area contributed by atoms with Crippen LogP contribution in [0.25, 0.3) is 11.4 Å². The Morgan fingerprint density at radius 3 is 2.81 bits per heavy atom. The lowest BCUT2D eigenvalue weighted by molar-refractivity contribution is 0.331. The van der Waals surface area contributed by atoms with E-state index in [-0.39, 0.29) is 17.0 Å². The first kappa shape index (κ1) is 15.9. The quantitative estimate of drug-likeness (QED) is 0.875. The minimum absolute atomic E-state index is 0.0806. The molecule has 4 nitrogen and oxygen atoms in total. The van der Waals surface area contributed by atoms with Crippen molar-refractivity contribution >= 4 is 11.6 Å². The molecule has 0 amide bonds. The summed E-state index contributed by atoms with van der Waals surface area (Å²) in [5.74, 6) is 0.612. The number of nitrogens with one attached hydrogen (secondary N) is 1. The summed E-state index contributed by atoms with van der Waals surface area (Å²) in [5.41, 5.74) is 0.564. The van der Waals surface area contributed by atoms with Gasteiger partial charge < -0.3 is 9.84 Å². The van der Waals surface area contributed by atoms with Crippen LogP contribution in [0.15, 0.2) is 22.7 Å². The molecule has 0 saturated carbocycles. The number of hydrogen-bond acceptors (Lipinski definition) is 4. The molecule has 114 valence electrons. The van der Waals surface area contributed by atoms with Crippen LogP contribution in [0.1, 0.15) is 39.0 Å². The van der Waals surface area contributed by atoms with Gasteiger partial charge in [-0.05, 0) is 38.1 Å². The maximum atomic E-state index is 13.1. The zero-order valence-corrected chi connectivity index (χ0v) is 13.1. The summed E-state index contributed by atoms with van der Waals surface area (Å²) in [6, 6.07) is 4.34. The molecule has 1 aromatic heterocycles. The largest absolute Gasteiger partial charge is 0.339 e. The average Bonchev–Trinajstić information content (AvgIpc) is 2.93. The first-order valence-electron chi connectivity index (χ1n) is 7.05. The average molecular weight is 312 g/mol. The van der Waals surface area contributed by atoms with Gasteiger partial charge in [-0.3, -0.25) is 0 Å². The Morgan fingerprint density at radius 1 is 1.38 bits per heavy atom. The molecule has 0 aliphatic heterocycles. The van der Waals surface area contributed by atoms with E-state index in [1.807, 2.05) is 6.92 Å². The second-order valence-corrected chi connectivity index (χ2v) is 5.52. The minimum atomic E-state index is -0.391. The SMILES string of the molecule is CCCNC(C)C(C)c1nc(-c2ccc(F)cc2Cl)no1. The molecule has 0 saturated heterocycles. The predicted molar refractivity (Wildman–Crippen MR) is 80.9 cm³/mol. The van der Waals surface area contributed by atoms with Crippen molar-refractivity contribution in [1.82, 2.24) is 15.5 Å². The van der Waals surface area contributed by atoms with Gasteiger partial charge in [0.05, 0.1) is 10.9 Å². The maximum Gasteiger partial charge on any atom is 0.231 e. The zero-order valence-electron chi connectivity index (χ0n) is 12.4. The summed E-state index contributed by atoms with van der Waals surface area (Å²) in [6.07, 6.45) is 1.07. The van der Waals surface area contributed by atoms with E-state index in [0.717, 1.165) is 13.0 Å². The Kier molecular flexibility index (Phi) is 5.31. The summed E-state index contributed by atoms with van der Waals surface area (Å²) in [4.78, 5) is 4.38. The van der Waals surface area contributed by atoms with Crippen molar-refractivity contribution in [2.24, 2.45) is 0 Å². The van der Waals surface area contributed by atoms with Gasteiger partial charge in [-0.1, -0.05) is 30.6 Å². The van der Waals surface area contributed by atoms with Gasteiger partial charge in [0, 0.05) is 11.6 Å². The van der Waals surface area contributed by atoms with E-state index in [1.54, 1.807) is 6.07 Å². The molecule has 2 atom stereocenters. The van der Waals surface area contributed by atoms with Crippen molar-refractivity contribution in [2.75, 3.05) is 6.54 Å². The normalized spacial score (nSPS) is 14.1. The van der Waals surface area contributed by atoms with Crippen molar-refractivity contribution in [3.63, 3.8) is 0 Å². The molecule has 0 radical (unpaired) electrons. The molecule has 0 aliphatic carbocycles. The van der Waals surface area contributed by atoms with E-state index in [9.17, 15) is 4.39 Å². The third-order valence-electron chi connectivity index (χ3n) is 3.47. The molecule has 0 spiro atoms. The van der Waals surface area contributed by atoms with Crippen molar-refractivity contribution in [3.8, 4) is 11.4 Å². The number of benzene rings is 1. The fourth-order valence-corrected chi connectivity index (χ4v) is 2.21. The van der Waals surface area contributed by atoms with Crippen LogP contribution < -0.4 is 5.32 Å². The summed E-state index contributed by atoms with van der Waals surface area (Å²) in [7, 11) is 0. The van der Waals surface area contributed by atoms with E-state index >= 15 is 0 Å². The zero-order chi connectivity index (χ0) is 15.4. The highest BCUT2D eigenvalue weighted by Crippen LogP contribution is 2.28. The van der Waals surface area contributed by atoms with Crippen molar-refractivity contribution in [1.29, 1.82) is 0 Å². The Labute approximate surface area is 128 Å². The molecule has 1 aromatic carbocycles. The highest BCUT2D eigenvalue weighted by Gasteiger charge is 2.21. The number of hydrogen-bond donors (Lipinski definition) is 1. The van der Waals surface area contributed by atoms with E-state index in [4.69, 9.17) is 16.1 Å². The number of aromatic nitrogens is 2. The van der Waals surface area contributed by atoms with E-state index < -0.39 is 5.82 Å². The lowest BCUT2D eigenvalue weighted by Gasteiger charge is -2.17. The number of nitrogens with zero attached hydrogens (tertiary/aromatic N) is 2. The summed E-state index contributed by atoms with van der Waals surface area (Å²) in [5, 5.41) is 7.61. The van der Waals surface area contributed by atoms with Gasteiger partial charge in [0.25, 0.3) is 0 Å². The Bertz CT molecular complexity index is 602. The molecule has 1 N–H and O–H groups in total. The van der Waals surface area contributed by atoms with Gasteiger partial charge in [0.15, 0.2) is 0 Å². The second kappa shape index (κ2) is 7.00. The highest BCUT2D eigenvalue weighted by molar-refractivity contribution is 6.33. The standard InChI is InChI=1S/C15H19ClFN3O/c1-4-7-18-10(3)9(2)15-19-14(20-21-15)12-6-5-11(17)8-13(12)16/h5-6,8-10,18H,4,7H2,1-3H3. The van der Waals surface area contributed by atoms with E-state index in [1.165, 1.54) is 12.1 Å². The van der Waals surface area contributed by atoms with Crippen LogP contribution >= 0.6 is 11.6 Å². The molecule has 0 fully saturated rings. The fraction of sp³-hybridized carbons (Fsp3) is 0.467. The number of rotatable bonds is 6. The number of halogens is 2. The smallest absolute Gasteiger partial charge is 0.231 e. The Morgan fingerprint density at radius 2 is 2.14 bits per heavy atom. The van der Waals surface area contributed by atoms with Crippen LogP contribution in [-0.2, 0) is 0 Å². The Hall–Kier alpha value is -1.46. The highest BCUT2D eigenvalue weighted by atomic mass is 35.5. The van der Waals surface area contributed by atoms with Crippen molar-refractivity contribution in [3.05, 3.63) is 34.9 Å². The first-order valence-corrected chi connectivity index (χ1v) is 7.43. The van der Waals surface area contributed by atoms with Gasteiger partial charge in [-0.15, -0.1) is 0 Å². The third kappa shape index (κ3) is 3.80. The van der Waals surface area contributed by atoms with Crippen molar-refractivity contribution < 1.29 is 8.91 Å². The Balaban J connectivity index is 2.17. The molecular weight excluding hydrogens is 293 g/mol. The van der Waals surface area contributed by atoms with Gasteiger partial charge in [0.2, 0.25) is 11.7 Å². The van der Waals surface area contributed by atoms with Crippen LogP contribution in [0.5, 0.6) is 0 Å². The molecule has 1 heterocycles. The third-order valence-corrected chi connectivity index (χ3v) is 3.78. The molecule has 2 aromatic rings. The van der Waals surface area contributed by atoms with Gasteiger partial charge in [-0.25, -0.2) is 4.39 Å². The van der Waals surface area contributed by atoms with Crippen LogP contribution in [0.4, 0.5) is 4.39 Å². The van der Waals surface area contributed by atoms with Crippen molar-refractivity contribution in [2.45, 2.75) is 39.2 Å². The topological polar surface area (TPSA) is 51.0 Å². The van der Waals surface area contributed by atoms with Gasteiger partial charge >= 0.3 is 0 Å². The van der Waals surface area contributed by atoms with E-state index in [0.29, 0.717) is 17.3 Å². The molecular formula is C15H19ClFN3O. The minimum Gasteiger partial charge on any atom is -0.339 e. The first-order chi connectivity index (χ1) is 10.0. The molecule has 2 rings (SSSR count). The summed E-state index contributed by atoms with van der Waals surface area (Å²) < 4.78 is 18.4. The monoisotopic (exact) mass is 311 g/mol. The van der Waals surface area contributed by atoms with Gasteiger partial charge in [-0.2, -0.15) is 4.98 Å². The van der Waals surface area contributed by atoms with Crippen LogP contribution in [-0.4, -0.2) is 22.7 Å². The second-order valence-electron chi connectivity index (χ2n) is 5.11. The molecule has 21 heavy (non-hydrogen) atoms.